The Labute approximate surface area is 231 Å². The Bertz CT molecular complexity index is 1230. The molecule has 200 valence electrons. The summed E-state index contributed by atoms with van der Waals surface area (Å²) in [7, 11) is 4.19. The Balaban J connectivity index is 0.000000585. The summed E-state index contributed by atoms with van der Waals surface area (Å²) in [5.74, 6) is 2.03. The van der Waals surface area contributed by atoms with Crippen LogP contribution in [0.1, 0.15) is 37.3 Å². The molecule has 0 radical (unpaired) electrons. The molecular weight excluding hydrogens is 496 g/mol. The summed E-state index contributed by atoms with van der Waals surface area (Å²) < 4.78 is 0. The number of hydrogen-bond acceptors (Lipinski definition) is 6. The molecule has 2 fully saturated rings. The first-order valence-electron chi connectivity index (χ1n) is 12.8. The predicted octanol–water partition coefficient (Wildman–Crippen LogP) is 5.50. The molecule has 1 aromatic carbocycles. The third-order valence-electron chi connectivity index (χ3n) is 6.70. The average molecular weight is 533 g/mol. The van der Waals surface area contributed by atoms with E-state index >= 15 is 0 Å². The number of halogens is 1. The SMILES string of the molecule is C=C/C=C(\C=C)c1cc(Cl)cc(-c2ncc(CNC=O)c(N3CCC(CN(C)C)C3)n2)c1.CC1(C#N)CC1. The molecule has 2 aromatic rings. The molecule has 4 rings (SSSR count). The van der Waals surface area contributed by atoms with E-state index in [1.54, 1.807) is 18.3 Å². The number of allylic oxidation sites excluding steroid dienone is 4. The third-order valence-corrected chi connectivity index (χ3v) is 6.92. The Hall–Kier alpha value is -3.47. The van der Waals surface area contributed by atoms with Gasteiger partial charge in [-0.25, -0.2) is 9.97 Å². The molecule has 2 aliphatic rings. The lowest BCUT2D eigenvalue weighted by Crippen LogP contribution is -2.27. The van der Waals surface area contributed by atoms with E-state index < -0.39 is 0 Å². The van der Waals surface area contributed by atoms with Crippen LogP contribution in [0.4, 0.5) is 5.82 Å². The van der Waals surface area contributed by atoms with Crippen molar-refractivity contribution in [3.05, 3.63) is 71.9 Å². The van der Waals surface area contributed by atoms with Crippen molar-refractivity contribution in [3.63, 3.8) is 0 Å². The zero-order chi connectivity index (χ0) is 27.7. The van der Waals surface area contributed by atoms with Crippen LogP contribution in [0, 0.1) is 22.7 Å². The number of anilines is 1. The van der Waals surface area contributed by atoms with Crippen molar-refractivity contribution in [2.24, 2.45) is 11.3 Å². The van der Waals surface area contributed by atoms with Gasteiger partial charge in [0.2, 0.25) is 6.41 Å². The monoisotopic (exact) mass is 532 g/mol. The van der Waals surface area contributed by atoms with Gasteiger partial charge in [-0.3, -0.25) is 4.79 Å². The molecule has 1 aromatic heterocycles. The van der Waals surface area contributed by atoms with Crippen molar-refractivity contribution in [1.82, 2.24) is 20.2 Å². The molecule has 1 amide bonds. The van der Waals surface area contributed by atoms with Crippen LogP contribution in [-0.4, -0.2) is 55.0 Å². The third kappa shape index (κ3) is 8.01. The molecule has 0 spiro atoms. The van der Waals surface area contributed by atoms with Gasteiger partial charge in [-0.2, -0.15) is 5.26 Å². The Morgan fingerprint density at radius 3 is 2.68 bits per heavy atom. The quantitative estimate of drug-likeness (QED) is 0.321. The molecule has 1 atom stereocenters. The highest BCUT2D eigenvalue weighted by Crippen LogP contribution is 2.43. The second-order valence-electron chi connectivity index (χ2n) is 10.4. The average Bonchev–Trinajstić information content (AvgIpc) is 3.48. The normalized spacial score (nSPS) is 17.7. The lowest BCUT2D eigenvalue weighted by molar-refractivity contribution is -0.109. The van der Waals surface area contributed by atoms with Crippen LogP contribution in [0.25, 0.3) is 17.0 Å². The van der Waals surface area contributed by atoms with Crippen molar-refractivity contribution < 1.29 is 4.79 Å². The standard InChI is InChI=1S/C25H30ClN5O.C5H7N/c1-5-7-19(6-2)20-10-21(12-23(26)11-20)24-28-14-22(13-27-17-32)25(29-24)31-9-8-18(16-31)15-30(3)4;1-5(4-6)2-3-5/h5-7,10-12,14,17-18H,1-2,8-9,13,15-16H2,3-4H3,(H,27,32);2-3H2,1H3/b19-7+;. The van der Waals surface area contributed by atoms with Gasteiger partial charge >= 0.3 is 0 Å². The predicted molar refractivity (Wildman–Crippen MR) is 156 cm³/mol. The van der Waals surface area contributed by atoms with E-state index in [1.165, 1.54) is 0 Å². The molecule has 2 heterocycles. The largest absolute Gasteiger partial charge is 0.356 e. The van der Waals surface area contributed by atoms with E-state index in [2.05, 4.69) is 53.4 Å². The fourth-order valence-electron chi connectivity index (χ4n) is 4.37. The zero-order valence-corrected chi connectivity index (χ0v) is 23.3. The highest BCUT2D eigenvalue weighted by atomic mass is 35.5. The number of rotatable bonds is 10. The summed E-state index contributed by atoms with van der Waals surface area (Å²) in [6.45, 7) is 12.9. The Morgan fingerprint density at radius 1 is 1.34 bits per heavy atom. The molecule has 1 aliphatic carbocycles. The van der Waals surface area contributed by atoms with Gasteiger partial charge in [0.15, 0.2) is 5.82 Å². The smallest absolute Gasteiger partial charge is 0.207 e. The summed E-state index contributed by atoms with van der Waals surface area (Å²) >= 11 is 6.43. The number of hydrogen-bond donors (Lipinski definition) is 1. The highest BCUT2D eigenvalue weighted by molar-refractivity contribution is 6.31. The number of carbonyl (C=O) groups is 1. The number of aromatic nitrogens is 2. The molecular formula is C30H37ClN6O. The number of amides is 1. The van der Waals surface area contributed by atoms with Gasteiger partial charge in [-0.15, -0.1) is 0 Å². The van der Waals surface area contributed by atoms with Gasteiger partial charge in [0.05, 0.1) is 11.5 Å². The van der Waals surface area contributed by atoms with Crippen LogP contribution in [-0.2, 0) is 11.3 Å². The van der Waals surface area contributed by atoms with E-state index in [1.807, 2.05) is 31.2 Å². The van der Waals surface area contributed by atoms with Crippen LogP contribution in [0.5, 0.6) is 0 Å². The van der Waals surface area contributed by atoms with E-state index in [9.17, 15) is 4.79 Å². The van der Waals surface area contributed by atoms with Gasteiger partial charge in [-0.05, 0) is 75.5 Å². The highest BCUT2D eigenvalue weighted by Gasteiger charge is 2.37. The molecule has 38 heavy (non-hydrogen) atoms. The summed E-state index contributed by atoms with van der Waals surface area (Å²) in [5.41, 5.74) is 3.66. The second-order valence-corrected chi connectivity index (χ2v) is 10.8. The fourth-order valence-corrected chi connectivity index (χ4v) is 4.61. The van der Waals surface area contributed by atoms with Crippen molar-refractivity contribution in [1.29, 1.82) is 5.26 Å². The van der Waals surface area contributed by atoms with Crippen molar-refractivity contribution in [2.75, 3.05) is 38.6 Å². The molecule has 7 nitrogen and oxygen atoms in total. The number of benzene rings is 1. The minimum Gasteiger partial charge on any atom is -0.356 e. The minimum absolute atomic E-state index is 0.0972. The number of nitriles is 1. The van der Waals surface area contributed by atoms with Crippen LogP contribution in [0.2, 0.25) is 5.02 Å². The first-order chi connectivity index (χ1) is 18.2. The zero-order valence-electron chi connectivity index (χ0n) is 22.6. The Kier molecular flexibility index (Phi) is 10.2. The number of nitrogens with one attached hydrogen (secondary N) is 1. The maximum absolute atomic E-state index is 10.9. The van der Waals surface area contributed by atoms with E-state index in [4.69, 9.17) is 21.8 Å². The van der Waals surface area contributed by atoms with Gasteiger partial charge in [0.1, 0.15) is 5.82 Å². The van der Waals surface area contributed by atoms with Crippen molar-refractivity contribution in [2.45, 2.75) is 32.7 Å². The van der Waals surface area contributed by atoms with Crippen molar-refractivity contribution >= 4 is 29.4 Å². The molecule has 1 unspecified atom stereocenters. The number of nitrogens with zero attached hydrogens (tertiary/aromatic N) is 5. The van der Waals surface area contributed by atoms with Crippen molar-refractivity contribution in [3.8, 4) is 17.5 Å². The first-order valence-corrected chi connectivity index (χ1v) is 13.2. The van der Waals surface area contributed by atoms with Crippen LogP contribution < -0.4 is 10.2 Å². The lowest BCUT2D eigenvalue weighted by atomic mass is 10.0. The summed E-state index contributed by atoms with van der Waals surface area (Å²) in [5, 5.41) is 11.6. The molecule has 1 saturated carbocycles. The lowest BCUT2D eigenvalue weighted by Gasteiger charge is -2.22. The summed E-state index contributed by atoms with van der Waals surface area (Å²) in [4.78, 5) is 24.9. The van der Waals surface area contributed by atoms with E-state index in [0.29, 0.717) is 29.7 Å². The van der Waals surface area contributed by atoms with E-state index in [0.717, 1.165) is 67.0 Å². The maximum atomic E-state index is 10.9. The van der Waals surface area contributed by atoms with Gasteiger partial charge in [-0.1, -0.05) is 43.0 Å². The topological polar surface area (TPSA) is 85.2 Å². The van der Waals surface area contributed by atoms with Gasteiger partial charge < -0.3 is 15.1 Å². The summed E-state index contributed by atoms with van der Waals surface area (Å²) in [6.07, 6.45) is 11.2. The molecule has 1 aliphatic heterocycles. The maximum Gasteiger partial charge on any atom is 0.207 e. The summed E-state index contributed by atoms with van der Waals surface area (Å²) in [6, 6.07) is 7.97. The minimum atomic E-state index is 0.0972. The van der Waals surface area contributed by atoms with Crippen LogP contribution >= 0.6 is 11.6 Å². The Morgan fingerprint density at radius 2 is 2.11 bits per heavy atom. The van der Waals surface area contributed by atoms with Gasteiger partial charge in [0, 0.05) is 48.5 Å². The fraction of sp³-hybridized carbons (Fsp3) is 0.400. The molecule has 1 saturated heterocycles. The second kappa shape index (κ2) is 13.4. The van der Waals surface area contributed by atoms with E-state index in [-0.39, 0.29) is 5.41 Å². The van der Waals surface area contributed by atoms with Gasteiger partial charge in [0.25, 0.3) is 0 Å². The molecule has 8 heteroatoms. The van der Waals surface area contributed by atoms with Crippen LogP contribution in [0.3, 0.4) is 0 Å². The molecule has 1 N–H and O–H groups in total. The van der Waals surface area contributed by atoms with Crippen LogP contribution in [0.15, 0.2) is 55.8 Å². The molecule has 0 bridgehead atoms. The first kappa shape index (κ1) is 29.1. The number of carbonyl (C=O) groups excluding carboxylic acids is 1.